The number of fused-ring (bicyclic) bond motifs is 1. The van der Waals surface area contributed by atoms with E-state index in [-0.39, 0.29) is 0 Å². The fourth-order valence-corrected chi connectivity index (χ4v) is 2.73. The van der Waals surface area contributed by atoms with Gasteiger partial charge in [0.25, 0.3) is 0 Å². The lowest BCUT2D eigenvalue weighted by Gasteiger charge is -2.16. The molecule has 2 aromatic rings. The summed E-state index contributed by atoms with van der Waals surface area (Å²) in [6, 6.07) is 4.06. The molecule has 18 heavy (non-hydrogen) atoms. The Balaban J connectivity index is 2.02. The van der Waals surface area contributed by atoms with Crippen LogP contribution in [0.3, 0.4) is 0 Å². The molecule has 0 amide bonds. The predicted octanol–water partition coefficient (Wildman–Crippen LogP) is 2.10. The van der Waals surface area contributed by atoms with Crippen molar-refractivity contribution >= 4 is 5.78 Å². The third-order valence-corrected chi connectivity index (χ3v) is 3.78. The second-order valence-electron chi connectivity index (χ2n) is 4.96. The molecule has 0 bridgehead atoms. The van der Waals surface area contributed by atoms with Gasteiger partial charge in [-0.2, -0.15) is 5.10 Å². The van der Waals surface area contributed by atoms with E-state index < -0.39 is 0 Å². The molecule has 0 aliphatic heterocycles. The van der Waals surface area contributed by atoms with Crippen LogP contribution in [0.25, 0.3) is 0 Å². The van der Waals surface area contributed by atoms with Crippen molar-refractivity contribution in [2.24, 2.45) is 7.05 Å². The highest BCUT2D eigenvalue weighted by Crippen LogP contribution is 2.25. The van der Waals surface area contributed by atoms with Crippen LogP contribution < -0.4 is 0 Å². The van der Waals surface area contributed by atoms with Crippen LogP contribution in [-0.4, -0.2) is 20.1 Å². The largest absolute Gasteiger partial charge is 0.342 e. The Morgan fingerprint density at radius 1 is 1.39 bits per heavy atom. The van der Waals surface area contributed by atoms with E-state index in [1.807, 2.05) is 30.1 Å². The van der Waals surface area contributed by atoms with Gasteiger partial charge < -0.3 is 4.57 Å². The van der Waals surface area contributed by atoms with E-state index in [0.29, 0.717) is 12.2 Å². The third-order valence-electron chi connectivity index (χ3n) is 3.78. The van der Waals surface area contributed by atoms with Gasteiger partial charge in [-0.15, -0.1) is 0 Å². The van der Waals surface area contributed by atoms with Crippen molar-refractivity contribution in [3.8, 4) is 0 Å². The van der Waals surface area contributed by atoms with Gasteiger partial charge in [-0.3, -0.25) is 9.48 Å². The Hall–Kier alpha value is -1.84. The summed E-state index contributed by atoms with van der Waals surface area (Å²) < 4.78 is 4.14. The minimum atomic E-state index is 0.295. The van der Waals surface area contributed by atoms with Gasteiger partial charge in [0.1, 0.15) is 0 Å². The summed E-state index contributed by atoms with van der Waals surface area (Å²) in [7, 11) is 1.95. The molecular weight excluding hydrogens is 226 g/mol. The van der Waals surface area contributed by atoms with Gasteiger partial charge >= 0.3 is 0 Å². The van der Waals surface area contributed by atoms with Gasteiger partial charge in [0, 0.05) is 36.6 Å². The molecule has 4 nitrogen and oxygen atoms in total. The average molecular weight is 243 g/mol. The SMILES string of the molecule is Cc1cc2c(n1Cc1ccnn1C)CCCC2=O. The van der Waals surface area contributed by atoms with E-state index in [2.05, 4.69) is 16.6 Å². The van der Waals surface area contributed by atoms with Crippen LogP contribution in [0.2, 0.25) is 0 Å². The number of aromatic nitrogens is 3. The van der Waals surface area contributed by atoms with Crippen molar-refractivity contribution in [2.45, 2.75) is 32.7 Å². The maximum atomic E-state index is 11.9. The van der Waals surface area contributed by atoms with Crippen molar-refractivity contribution in [3.05, 3.63) is 41.0 Å². The van der Waals surface area contributed by atoms with Crippen LogP contribution in [0.5, 0.6) is 0 Å². The van der Waals surface area contributed by atoms with Crippen LogP contribution in [-0.2, 0) is 20.0 Å². The summed E-state index contributed by atoms with van der Waals surface area (Å²) >= 11 is 0. The lowest BCUT2D eigenvalue weighted by Crippen LogP contribution is -2.15. The van der Waals surface area contributed by atoms with Gasteiger partial charge in [-0.05, 0) is 31.9 Å². The molecule has 0 radical (unpaired) electrons. The summed E-state index contributed by atoms with van der Waals surface area (Å²) in [5.41, 5.74) is 4.46. The number of ketones is 1. The number of Topliss-reactive ketones (excluding diaryl/α,β-unsaturated/α-hetero) is 1. The summed E-state index contributed by atoms with van der Waals surface area (Å²) in [6.45, 7) is 2.87. The van der Waals surface area contributed by atoms with Crippen LogP contribution in [0.1, 0.15) is 40.3 Å². The number of hydrogen-bond donors (Lipinski definition) is 0. The number of hydrogen-bond acceptors (Lipinski definition) is 2. The number of carbonyl (C=O) groups excluding carboxylic acids is 1. The fourth-order valence-electron chi connectivity index (χ4n) is 2.73. The summed E-state index contributed by atoms with van der Waals surface area (Å²) in [5, 5.41) is 4.19. The van der Waals surface area contributed by atoms with E-state index >= 15 is 0 Å². The molecule has 0 spiro atoms. The number of rotatable bonds is 2. The van der Waals surface area contributed by atoms with Gasteiger partial charge in [0.2, 0.25) is 0 Å². The lowest BCUT2D eigenvalue weighted by atomic mass is 9.96. The van der Waals surface area contributed by atoms with Crippen molar-refractivity contribution < 1.29 is 4.79 Å². The molecule has 0 atom stereocenters. The molecule has 94 valence electrons. The predicted molar refractivity (Wildman–Crippen MR) is 68.7 cm³/mol. The zero-order valence-electron chi connectivity index (χ0n) is 10.8. The molecule has 0 saturated carbocycles. The minimum absolute atomic E-state index is 0.295. The van der Waals surface area contributed by atoms with E-state index in [0.717, 1.165) is 36.3 Å². The normalized spacial score (nSPS) is 14.9. The van der Waals surface area contributed by atoms with Crippen LogP contribution in [0, 0.1) is 6.92 Å². The summed E-state index contributed by atoms with van der Waals surface area (Å²) in [5.74, 6) is 0.295. The number of nitrogens with zero attached hydrogens (tertiary/aromatic N) is 3. The standard InChI is InChI=1S/C14H17N3O/c1-10-8-12-13(4-3-5-14(12)18)17(10)9-11-6-7-15-16(11)2/h6-8H,3-5,9H2,1-2H3. The molecule has 4 heteroatoms. The lowest BCUT2D eigenvalue weighted by molar-refractivity contribution is 0.0972. The molecule has 0 N–H and O–H groups in total. The van der Waals surface area contributed by atoms with Crippen molar-refractivity contribution in [3.63, 3.8) is 0 Å². The highest BCUT2D eigenvalue weighted by molar-refractivity contribution is 5.98. The smallest absolute Gasteiger partial charge is 0.164 e. The van der Waals surface area contributed by atoms with Gasteiger partial charge in [-0.25, -0.2) is 0 Å². The highest BCUT2D eigenvalue weighted by Gasteiger charge is 2.22. The molecule has 2 heterocycles. The van der Waals surface area contributed by atoms with Crippen LogP contribution in [0.15, 0.2) is 18.3 Å². The van der Waals surface area contributed by atoms with Gasteiger partial charge in [-0.1, -0.05) is 0 Å². The monoisotopic (exact) mass is 243 g/mol. The Morgan fingerprint density at radius 3 is 2.94 bits per heavy atom. The zero-order valence-corrected chi connectivity index (χ0v) is 10.8. The Morgan fingerprint density at radius 2 is 2.22 bits per heavy atom. The molecule has 0 unspecified atom stereocenters. The minimum Gasteiger partial charge on any atom is -0.342 e. The Bertz CT molecular complexity index is 607. The quantitative estimate of drug-likeness (QED) is 0.810. The molecular formula is C14H17N3O. The van der Waals surface area contributed by atoms with Crippen molar-refractivity contribution in [1.29, 1.82) is 0 Å². The second kappa shape index (κ2) is 4.12. The first kappa shape index (κ1) is 11.3. The first-order valence-corrected chi connectivity index (χ1v) is 6.36. The Labute approximate surface area is 106 Å². The molecule has 0 saturated heterocycles. The van der Waals surface area contributed by atoms with E-state index in [4.69, 9.17) is 0 Å². The zero-order chi connectivity index (χ0) is 12.7. The Kier molecular flexibility index (Phi) is 2.58. The van der Waals surface area contributed by atoms with E-state index in [1.54, 1.807) is 0 Å². The number of aryl methyl sites for hydroxylation is 2. The maximum absolute atomic E-state index is 11.9. The van der Waals surface area contributed by atoms with Gasteiger partial charge in [0.05, 0.1) is 12.2 Å². The first-order chi connectivity index (χ1) is 8.66. The molecule has 2 aromatic heterocycles. The van der Waals surface area contributed by atoms with Crippen LogP contribution in [0.4, 0.5) is 0 Å². The molecule has 1 aliphatic carbocycles. The average Bonchev–Trinajstić information content (AvgIpc) is 2.87. The topological polar surface area (TPSA) is 39.8 Å². The van der Waals surface area contributed by atoms with Gasteiger partial charge in [0.15, 0.2) is 5.78 Å². The maximum Gasteiger partial charge on any atom is 0.164 e. The molecule has 0 aromatic carbocycles. The third kappa shape index (κ3) is 1.68. The first-order valence-electron chi connectivity index (χ1n) is 6.36. The summed E-state index contributed by atoms with van der Waals surface area (Å²) in [6.07, 6.45) is 4.49. The second-order valence-corrected chi connectivity index (χ2v) is 4.96. The molecule has 0 fully saturated rings. The van der Waals surface area contributed by atoms with Crippen molar-refractivity contribution in [1.82, 2.24) is 14.3 Å². The fraction of sp³-hybridized carbons (Fsp3) is 0.429. The number of carbonyl (C=O) groups is 1. The highest BCUT2D eigenvalue weighted by atomic mass is 16.1. The molecule has 1 aliphatic rings. The van der Waals surface area contributed by atoms with Crippen LogP contribution >= 0.6 is 0 Å². The summed E-state index contributed by atoms with van der Waals surface area (Å²) in [4.78, 5) is 11.9. The molecule has 3 rings (SSSR count). The van der Waals surface area contributed by atoms with E-state index in [1.165, 1.54) is 5.69 Å². The van der Waals surface area contributed by atoms with E-state index in [9.17, 15) is 4.79 Å². The van der Waals surface area contributed by atoms with Crippen molar-refractivity contribution in [2.75, 3.05) is 0 Å².